The fourth-order valence-corrected chi connectivity index (χ4v) is 4.74. The lowest BCUT2D eigenvalue weighted by Crippen LogP contribution is -2.36. The van der Waals surface area contributed by atoms with E-state index in [1.165, 1.54) is 5.69 Å². The number of hydrogen-bond acceptors (Lipinski definition) is 8. The zero-order chi connectivity index (χ0) is 23.2. The molecule has 0 saturated carbocycles. The van der Waals surface area contributed by atoms with Gasteiger partial charge in [-0.3, -0.25) is 4.68 Å². The highest BCUT2D eigenvalue weighted by Crippen LogP contribution is 2.30. The minimum Gasteiger partial charge on any atom is -0.378 e. The molecule has 0 spiro atoms. The van der Waals surface area contributed by atoms with Gasteiger partial charge in [0, 0.05) is 42.4 Å². The number of ether oxygens (including phenoxy) is 1. The summed E-state index contributed by atoms with van der Waals surface area (Å²) in [7, 11) is 0. The summed E-state index contributed by atoms with van der Waals surface area (Å²) in [6.45, 7) is 5.36. The minimum absolute atomic E-state index is 0. The van der Waals surface area contributed by atoms with Crippen LogP contribution in [0.15, 0.2) is 48.9 Å². The van der Waals surface area contributed by atoms with E-state index in [4.69, 9.17) is 9.72 Å². The molecule has 2 aliphatic heterocycles. The van der Waals surface area contributed by atoms with Crippen molar-refractivity contribution in [2.24, 2.45) is 5.92 Å². The molecule has 200 valence electrons. The van der Waals surface area contributed by atoms with Crippen LogP contribution in [-0.2, 0) is 4.74 Å². The number of morpholine rings is 1. The number of aromatic nitrogens is 4. The first kappa shape index (κ1) is 30.6. The standard InChI is InChI=1S/C25H30N8O.3ClH/c26-9-5-24(19-6-10-27-11-7-19)33-18-20(17-29-33)23-8-12-28-25(31-23)30-21-1-3-22(4-2-21)32-13-15-34-16-14-32;;;/h1-4,8,12,17-19,24,27H,5-7,10-11,13-16H2,(H,28,30,31);3*1H. The Balaban J connectivity index is 0.00000160. The Labute approximate surface area is 236 Å². The van der Waals surface area contributed by atoms with Gasteiger partial charge in [-0.2, -0.15) is 10.4 Å². The molecule has 0 aliphatic carbocycles. The monoisotopic (exact) mass is 566 g/mol. The van der Waals surface area contributed by atoms with Gasteiger partial charge in [-0.05, 0) is 62.2 Å². The van der Waals surface area contributed by atoms with Gasteiger partial charge in [-0.1, -0.05) is 0 Å². The van der Waals surface area contributed by atoms with E-state index in [2.05, 4.69) is 43.8 Å². The predicted molar refractivity (Wildman–Crippen MR) is 153 cm³/mol. The molecule has 5 rings (SSSR count). The van der Waals surface area contributed by atoms with Crippen LogP contribution in [-0.4, -0.2) is 59.1 Å². The largest absolute Gasteiger partial charge is 0.378 e. The number of anilines is 3. The number of rotatable bonds is 7. The highest BCUT2D eigenvalue weighted by Gasteiger charge is 2.26. The third kappa shape index (κ3) is 7.69. The lowest BCUT2D eigenvalue weighted by atomic mass is 9.89. The maximum atomic E-state index is 9.38. The Morgan fingerprint density at radius 2 is 1.81 bits per heavy atom. The van der Waals surface area contributed by atoms with Crippen LogP contribution in [0.1, 0.15) is 25.3 Å². The van der Waals surface area contributed by atoms with Gasteiger partial charge in [0.15, 0.2) is 0 Å². The Bertz CT molecular complexity index is 1130. The zero-order valence-electron chi connectivity index (χ0n) is 20.5. The van der Waals surface area contributed by atoms with Crippen molar-refractivity contribution in [2.75, 3.05) is 49.6 Å². The molecule has 4 heterocycles. The van der Waals surface area contributed by atoms with Crippen LogP contribution in [0, 0.1) is 17.2 Å². The Morgan fingerprint density at radius 1 is 1.08 bits per heavy atom. The molecule has 37 heavy (non-hydrogen) atoms. The third-order valence-electron chi connectivity index (χ3n) is 6.62. The fraction of sp³-hybridized carbons (Fsp3) is 0.440. The molecule has 1 unspecified atom stereocenters. The average molecular weight is 568 g/mol. The summed E-state index contributed by atoms with van der Waals surface area (Å²) < 4.78 is 7.39. The van der Waals surface area contributed by atoms with Crippen molar-refractivity contribution in [3.05, 3.63) is 48.9 Å². The first-order valence-corrected chi connectivity index (χ1v) is 12.0. The topological polar surface area (TPSA) is 104 Å². The van der Waals surface area contributed by atoms with Crippen LogP contribution in [0.25, 0.3) is 11.3 Å². The molecule has 12 heteroatoms. The van der Waals surface area contributed by atoms with Gasteiger partial charge in [-0.15, -0.1) is 37.2 Å². The summed E-state index contributed by atoms with van der Waals surface area (Å²) in [4.78, 5) is 11.4. The summed E-state index contributed by atoms with van der Waals surface area (Å²) in [5.74, 6) is 0.994. The van der Waals surface area contributed by atoms with Gasteiger partial charge in [0.2, 0.25) is 5.95 Å². The number of nitrogens with zero attached hydrogens (tertiary/aromatic N) is 6. The first-order valence-electron chi connectivity index (χ1n) is 12.0. The summed E-state index contributed by atoms with van der Waals surface area (Å²) in [6, 6.07) is 12.6. The van der Waals surface area contributed by atoms with E-state index in [1.807, 2.05) is 35.3 Å². The van der Waals surface area contributed by atoms with Crippen molar-refractivity contribution in [3.63, 3.8) is 0 Å². The van der Waals surface area contributed by atoms with Crippen LogP contribution in [0.3, 0.4) is 0 Å². The quantitative estimate of drug-likeness (QED) is 0.426. The van der Waals surface area contributed by atoms with Crippen LogP contribution in [0.4, 0.5) is 17.3 Å². The third-order valence-corrected chi connectivity index (χ3v) is 6.62. The normalized spacial score (nSPS) is 16.4. The van der Waals surface area contributed by atoms with Crippen LogP contribution >= 0.6 is 37.2 Å². The molecule has 3 aromatic rings. The Morgan fingerprint density at radius 3 is 2.51 bits per heavy atom. The number of benzene rings is 1. The molecule has 0 amide bonds. The number of halogens is 3. The molecule has 2 aliphatic rings. The summed E-state index contributed by atoms with van der Waals surface area (Å²) >= 11 is 0. The number of piperidine rings is 1. The highest BCUT2D eigenvalue weighted by molar-refractivity contribution is 5.86. The van der Waals surface area contributed by atoms with E-state index in [0.29, 0.717) is 18.3 Å². The zero-order valence-corrected chi connectivity index (χ0v) is 22.9. The SMILES string of the molecule is Cl.Cl.Cl.N#CCC(C1CCNCC1)n1cc(-c2ccnc(Nc3ccc(N4CCOCC4)cc3)n2)cn1. The van der Waals surface area contributed by atoms with Gasteiger partial charge in [0.25, 0.3) is 0 Å². The van der Waals surface area contributed by atoms with Gasteiger partial charge in [0.1, 0.15) is 0 Å². The van der Waals surface area contributed by atoms with Crippen LogP contribution < -0.4 is 15.5 Å². The fourth-order valence-electron chi connectivity index (χ4n) is 4.74. The second-order valence-corrected chi connectivity index (χ2v) is 8.76. The van der Waals surface area contributed by atoms with Crippen LogP contribution in [0.2, 0.25) is 0 Å². The van der Waals surface area contributed by atoms with Crippen LogP contribution in [0.5, 0.6) is 0 Å². The minimum atomic E-state index is 0. The van der Waals surface area contributed by atoms with Crippen molar-refractivity contribution in [1.82, 2.24) is 25.1 Å². The first-order chi connectivity index (χ1) is 16.8. The van der Waals surface area contributed by atoms with Gasteiger partial charge in [-0.25, -0.2) is 9.97 Å². The molecule has 2 aromatic heterocycles. The van der Waals surface area contributed by atoms with Gasteiger partial charge < -0.3 is 20.3 Å². The highest BCUT2D eigenvalue weighted by atomic mass is 35.5. The smallest absolute Gasteiger partial charge is 0.227 e. The summed E-state index contributed by atoms with van der Waals surface area (Å²) in [5, 5.41) is 20.7. The molecule has 0 radical (unpaired) electrons. The maximum Gasteiger partial charge on any atom is 0.227 e. The van der Waals surface area contributed by atoms with E-state index in [0.717, 1.165) is 69.2 Å². The summed E-state index contributed by atoms with van der Waals surface area (Å²) in [5.41, 5.74) is 3.85. The van der Waals surface area contributed by atoms with Crippen molar-refractivity contribution >= 4 is 54.5 Å². The van der Waals surface area contributed by atoms with E-state index in [-0.39, 0.29) is 43.3 Å². The van der Waals surface area contributed by atoms with Crippen molar-refractivity contribution in [3.8, 4) is 17.3 Å². The number of hydrogen-bond donors (Lipinski definition) is 2. The number of nitriles is 1. The molecule has 2 saturated heterocycles. The molecule has 9 nitrogen and oxygen atoms in total. The summed E-state index contributed by atoms with van der Waals surface area (Å²) in [6.07, 6.45) is 8.18. The van der Waals surface area contributed by atoms with E-state index >= 15 is 0 Å². The Hall–Kier alpha value is -2.61. The molecule has 0 bridgehead atoms. The molecular weight excluding hydrogens is 535 g/mol. The molecule has 1 atom stereocenters. The lowest BCUT2D eigenvalue weighted by Gasteiger charge is -2.29. The second-order valence-electron chi connectivity index (χ2n) is 8.76. The van der Waals surface area contributed by atoms with E-state index in [9.17, 15) is 5.26 Å². The Kier molecular flexibility index (Phi) is 12.4. The molecule has 2 fully saturated rings. The van der Waals surface area contributed by atoms with Crippen molar-refractivity contribution in [2.45, 2.75) is 25.3 Å². The van der Waals surface area contributed by atoms with Crippen molar-refractivity contribution < 1.29 is 4.74 Å². The van der Waals surface area contributed by atoms with Gasteiger partial charge >= 0.3 is 0 Å². The lowest BCUT2D eigenvalue weighted by molar-refractivity contribution is 0.122. The van der Waals surface area contributed by atoms with Gasteiger partial charge in [0.05, 0.1) is 43.6 Å². The molecular formula is C25H33Cl3N8O. The van der Waals surface area contributed by atoms with E-state index < -0.39 is 0 Å². The van der Waals surface area contributed by atoms with Crippen molar-refractivity contribution in [1.29, 1.82) is 5.26 Å². The molecule has 1 aromatic carbocycles. The van der Waals surface area contributed by atoms with E-state index in [1.54, 1.807) is 6.20 Å². The predicted octanol–water partition coefficient (Wildman–Crippen LogP) is 4.64. The average Bonchev–Trinajstić information content (AvgIpc) is 3.39. The number of nitrogens with one attached hydrogen (secondary N) is 2. The molecule has 2 N–H and O–H groups in total. The second kappa shape index (κ2) is 15.0. The maximum absolute atomic E-state index is 9.38.